The number of rotatable bonds is 2. The summed E-state index contributed by atoms with van der Waals surface area (Å²) in [4.78, 5) is 3.21. The van der Waals surface area contributed by atoms with Crippen LogP contribution in [0, 0.1) is 18.6 Å². The minimum absolute atomic E-state index is 0.598. The molecule has 7 heteroatoms. The van der Waals surface area contributed by atoms with Gasteiger partial charge in [0.15, 0.2) is 10.4 Å². The highest BCUT2D eigenvalue weighted by molar-refractivity contribution is 7.71. The predicted molar refractivity (Wildman–Crippen MR) is 86.3 cm³/mol. The van der Waals surface area contributed by atoms with E-state index in [1.807, 2.05) is 31.5 Å². The number of halogens is 1. The van der Waals surface area contributed by atoms with Crippen molar-refractivity contribution >= 4 is 35.0 Å². The van der Waals surface area contributed by atoms with Gasteiger partial charge >= 0.3 is 0 Å². The Morgan fingerprint density at radius 3 is 2.71 bits per heavy atom. The van der Waals surface area contributed by atoms with Gasteiger partial charge in [0, 0.05) is 18.1 Å². The summed E-state index contributed by atoms with van der Waals surface area (Å²) < 4.78 is 9.79. The maximum Gasteiger partial charge on any atom is 0.184 e. The van der Waals surface area contributed by atoms with Gasteiger partial charge in [-0.1, -0.05) is 11.6 Å². The topological polar surface area (TPSA) is 47.8 Å². The summed E-state index contributed by atoms with van der Waals surface area (Å²) >= 11 is 11.6. The van der Waals surface area contributed by atoms with Gasteiger partial charge in [0.2, 0.25) is 0 Å². The Morgan fingerprint density at radius 1 is 1.33 bits per heavy atom. The number of ether oxygens (including phenoxy) is 1. The summed E-state index contributed by atoms with van der Waals surface area (Å²) in [5, 5.41) is 5.09. The molecule has 0 saturated heterocycles. The zero-order chi connectivity index (χ0) is 15.3. The average Bonchev–Trinajstić information content (AvgIpc) is 2.90. The fraction of sp³-hybridized carbons (Fsp3) is 0.286. The number of aromatic amines is 1. The maximum atomic E-state index is 6.18. The first kappa shape index (κ1) is 14.2. The van der Waals surface area contributed by atoms with E-state index in [0.717, 1.165) is 28.1 Å². The Bertz CT molecular complexity index is 906. The zero-order valence-electron chi connectivity index (χ0n) is 12.2. The van der Waals surface area contributed by atoms with Gasteiger partial charge in [-0.2, -0.15) is 5.10 Å². The molecule has 0 fully saturated rings. The van der Waals surface area contributed by atoms with Crippen molar-refractivity contribution in [1.82, 2.24) is 19.3 Å². The fourth-order valence-corrected chi connectivity index (χ4v) is 2.96. The third-order valence-corrected chi connectivity index (χ3v) is 4.23. The van der Waals surface area contributed by atoms with Crippen molar-refractivity contribution in [2.45, 2.75) is 13.8 Å². The molecule has 2 aromatic heterocycles. The third-order valence-electron chi connectivity index (χ3n) is 3.54. The first-order valence-corrected chi connectivity index (χ1v) is 7.21. The van der Waals surface area contributed by atoms with Gasteiger partial charge in [-0.25, -0.2) is 4.68 Å². The molecule has 3 rings (SSSR count). The van der Waals surface area contributed by atoms with E-state index in [2.05, 4.69) is 10.1 Å². The number of fused-ring (bicyclic) bond motifs is 1. The Hall–Kier alpha value is -1.79. The molecule has 2 heterocycles. The second-order valence-electron chi connectivity index (χ2n) is 4.95. The summed E-state index contributed by atoms with van der Waals surface area (Å²) in [7, 11) is 3.51. The summed E-state index contributed by atoms with van der Waals surface area (Å²) in [6, 6.07) is 3.77. The van der Waals surface area contributed by atoms with E-state index < -0.39 is 0 Å². The number of nitrogens with one attached hydrogen (secondary N) is 1. The summed E-state index contributed by atoms with van der Waals surface area (Å²) in [5.41, 5.74) is 4.54. The highest BCUT2D eigenvalue weighted by Gasteiger charge is 2.17. The molecule has 0 atom stereocenters. The van der Waals surface area contributed by atoms with Gasteiger partial charge in [-0.15, -0.1) is 0 Å². The average molecular weight is 323 g/mol. The van der Waals surface area contributed by atoms with E-state index in [9.17, 15) is 0 Å². The zero-order valence-corrected chi connectivity index (χ0v) is 13.8. The van der Waals surface area contributed by atoms with E-state index in [1.165, 1.54) is 0 Å². The predicted octanol–water partition coefficient (Wildman–Crippen LogP) is 3.70. The molecular weight excluding hydrogens is 308 g/mol. The minimum atomic E-state index is 0.598. The lowest BCUT2D eigenvalue weighted by Gasteiger charge is -2.12. The van der Waals surface area contributed by atoms with Crippen LogP contribution in [0.3, 0.4) is 0 Å². The first-order chi connectivity index (χ1) is 9.93. The van der Waals surface area contributed by atoms with E-state index in [0.29, 0.717) is 15.5 Å². The van der Waals surface area contributed by atoms with E-state index in [4.69, 9.17) is 28.6 Å². The molecule has 110 valence electrons. The molecule has 5 nitrogen and oxygen atoms in total. The Labute approximate surface area is 132 Å². The number of aryl methyl sites for hydroxylation is 3. The van der Waals surface area contributed by atoms with Crippen molar-refractivity contribution in [3.05, 3.63) is 33.2 Å². The number of nitrogens with zero attached hydrogens (tertiary/aromatic N) is 3. The van der Waals surface area contributed by atoms with Crippen LogP contribution in [-0.4, -0.2) is 26.4 Å². The molecule has 0 amide bonds. The Morgan fingerprint density at radius 2 is 2.05 bits per heavy atom. The van der Waals surface area contributed by atoms with Gasteiger partial charge in [0.25, 0.3) is 0 Å². The molecule has 0 bridgehead atoms. The van der Waals surface area contributed by atoms with E-state index in [1.54, 1.807) is 17.9 Å². The molecule has 0 saturated carbocycles. The molecule has 1 aromatic carbocycles. The van der Waals surface area contributed by atoms with Crippen LogP contribution < -0.4 is 4.74 Å². The molecular formula is C14H15ClN4OS. The van der Waals surface area contributed by atoms with Crippen LogP contribution in [0.1, 0.15) is 11.3 Å². The lowest BCUT2D eigenvalue weighted by Crippen LogP contribution is -2.03. The van der Waals surface area contributed by atoms with Gasteiger partial charge in [-0.05, 0) is 37.7 Å². The van der Waals surface area contributed by atoms with Crippen LogP contribution in [-0.2, 0) is 7.05 Å². The number of hydrogen-bond donors (Lipinski definition) is 1. The second-order valence-corrected chi connectivity index (χ2v) is 5.74. The van der Waals surface area contributed by atoms with Crippen molar-refractivity contribution in [2.24, 2.45) is 7.05 Å². The molecule has 0 radical (unpaired) electrons. The fourth-order valence-electron chi connectivity index (χ4n) is 2.52. The van der Waals surface area contributed by atoms with E-state index >= 15 is 0 Å². The van der Waals surface area contributed by atoms with Crippen molar-refractivity contribution in [3.8, 4) is 11.4 Å². The van der Waals surface area contributed by atoms with Crippen LogP contribution in [0.25, 0.3) is 16.9 Å². The smallest absolute Gasteiger partial charge is 0.184 e. The van der Waals surface area contributed by atoms with Gasteiger partial charge in [0.05, 0.1) is 18.5 Å². The second kappa shape index (κ2) is 4.89. The molecule has 0 aliphatic rings. The maximum absolute atomic E-state index is 6.18. The largest absolute Gasteiger partial charge is 0.495 e. The lowest BCUT2D eigenvalue weighted by atomic mass is 10.2. The highest BCUT2D eigenvalue weighted by Crippen LogP contribution is 2.32. The molecule has 0 unspecified atom stereocenters. The van der Waals surface area contributed by atoms with Crippen LogP contribution in [0.15, 0.2) is 12.1 Å². The van der Waals surface area contributed by atoms with Crippen molar-refractivity contribution < 1.29 is 4.74 Å². The molecule has 21 heavy (non-hydrogen) atoms. The Balaban J connectivity index is 2.43. The van der Waals surface area contributed by atoms with Gasteiger partial charge < -0.3 is 9.72 Å². The monoisotopic (exact) mass is 322 g/mol. The minimum Gasteiger partial charge on any atom is -0.495 e. The third kappa shape index (κ3) is 2.06. The highest BCUT2D eigenvalue weighted by atomic mass is 35.5. The van der Waals surface area contributed by atoms with Gasteiger partial charge in [0.1, 0.15) is 11.3 Å². The number of benzene rings is 1. The van der Waals surface area contributed by atoms with Crippen LogP contribution in [0.4, 0.5) is 0 Å². The van der Waals surface area contributed by atoms with Crippen LogP contribution in [0.5, 0.6) is 5.75 Å². The first-order valence-electron chi connectivity index (χ1n) is 6.43. The standard InChI is InChI=1S/C14H15ClN4OS/c1-7-5-10(11(20-4)6-9(7)15)19-13-12(16-14(19)21)8(2)17-18(13)3/h5-6H,1-4H3,(H,16,21). The number of H-pyrrole nitrogens is 1. The number of methoxy groups -OCH3 is 1. The SMILES string of the molecule is COc1cc(Cl)c(C)cc1-n1c(=S)[nH]c2c(C)nn(C)c21. The number of hydrogen-bond acceptors (Lipinski definition) is 3. The van der Waals surface area contributed by atoms with Crippen molar-refractivity contribution in [2.75, 3.05) is 7.11 Å². The Kier molecular flexibility index (Phi) is 3.30. The summed E-state index contributed by atoms with van der Waals surface area (Å²) in [5.74, 6) is 0.668. The van der Waals surface area contributed by atoms with Crippen molar-refractivity contribution in [1.29, 1.82) is 0 Å². The molecule has 3 aromatic rings. The van der Waals surface area contributed by atoms with E-state index in [-0.39, 0.29) is 0 Å². The summed E-state index contributed by atoms with van der Waals surface area (Å²) in [6.45, 7) is 3.90. The summed E-state index contributed by atoms with van der Waals surface area (Å²) in [6.07, 6.45) is 0. The molecule has 0 aliphatic carbocycles. The van der Waals surface area contributed by atoms with Crippen LogP contribution >= 0.6 is 23.8 Å². The molecule has 1 N–H and O–H groups in total. The number of aromatic nitrogens is 4. The normalized spacial score (nSPS) is 11.3. The molecule has 0 spiro atoms. The van der Waals surface area contributed by atoms with Crippen LogP contribution in [0.2, 0.25) is 5.02 Å². The number of imidazole rings is 1. The quantitative estimate of drug-likeness (QED) is 0.732. The lowest BCUT2D eigenvalue weighted by molar-refractivity contribution is 0.413. The molecule has 0 aliphatic heterocycles. The van der Waals surface area contributed by atoms with Gasteiger partial charge in [-0.3, -0.25) is 4.57 Å². The van der Waals surface area contributed by atoms with Crippen molar-refractivity contribution in [3.63, 3.8) is 0 Å².